The standard InChI is InChI=1S/C11H10FN3O2S/c1-7-13-10(15(16)17)11(18)14(7)6-8-2-4-9(12)5-3-8/h2-5,18H,6H2,1H3. The van der Waals surface area contributed by atoms with Crippen LogP contribution in [0.4, 0.5) is 10.2 Å². The van der Waals surface area contributed by atoms with Gasteiger partial charge in [-0.1, -0.05) is 12.1 Å². The molecule has 0 N–H and O–H groups in total. The molecule has 0 saturated carbocycles. The van der Waals surface area contributed by atoms with Crippen LogP contribution in [0, 0.1) is 22.9 Å². The molecule has 0 atom stereocenters. The molecule has 0 aliphatic heterocycles. The van der Waals surface area contributed by atoms with E-state index in [1.54, 1.807) is 23.6 Å². The molecule has 2 aromatic rings. The fraction of sp³-hybridized carbons (Fsp3) is 0.182. The van der Waals surface area contributed by atoms with E-state index in [0.717, 1.165) is 5.56 Å². The van der Waals surface area contributed by atoms with E-state index in [9.17, 15) is 14.5 Å². The van der Waals surface area contributed by atoms with Gasteiger partial charge in [-0.15, -0.1) is 12.6 Å². The van der Waals surface area contributed by atoms with Crippen molar-refractivity contribution < 1.29 is 9.31 Å². The molecule has 0 unspecified atom stereocenters. The van der Waals surface area contributed by atoms with Crippen LogP contribution in [-0.4, -0.2) is 14.5 Å². The van der Waals surface area contributed by atoms with Crippen molar-refractivity contribution in [3.63, 3.8) is 0 Å². The summed E-state index contributed by atoms with van der Waals surface area (Å²) in [5, 5.41) is 10.9. The molecular formula is C11H10FN3O2S. The van der Waals surface area contributed by atoms with Crippen molar-refractivity contribution in [2.24, 2.45) is 0 Å². The van der Waals surface area contributed by atoms with Crippen LogP contribution in [0.5, 0.6) is 0 Å². The molecule has 2 rings (SSSR count). The molecule has 0 aliphatic rings. The Bertz CT molecular complexity index is 595. The van der Waals surface area contributed by atoms with Crippen LogP contribution in [0.25, 0.3) is 0 Å². The SMILES string of the molecule is Cc1nc([N+](=O)[O-])c(S)n1Cc1ccc(F)cc1. The summed E-state index contributed by atoms with van der Waals surface area (Å²) in [6.45, 7) is 2.03. The molecule has 0 spiro atoms. The lowest BCUT2D eigenvalue weighted by molar-refractivity contribution is -0.392. The average molecular weight is 267 g/mol. The molecule has 94 valence electrons. The van der Waals surface area contributed by atoms with Gasteiger partial charge >= 0.3 is 5.82 Å². The Morgan fingerprint density at radius 3 is 2.56 bits per heavy atom. The zero-order chi connectivity index (χ0) is 13.3. The lowest BCUT2D eigenvalue weighted by atomic mass is 10.2. The second-order valence-electron chi connectivity index (χ2n) is 3.78. The van der Waals surface area contributed by atoms with Crippen LogP contribution in [0.15, 0.2) is 29.3 Å². The van der Waals surface area contributed by atoms with E-state index in [4.69, 9.17) is 0 Å². The van der Waals surface area contributed by atoms with Gasteiger partial charge in [-0.05, 0) is 27.6 Å². The fourth-order valence-electron chi connectivity index (χ4n) is 1.62. The van der Waals surface area contributed by atoms with Gasteiger partial charge in [0.1, 0.15) is 5.82 Å². The highest BCUT2D eigenvalue weighted by atomic mass is 32.1. The van der Waals surface area contributed by atoms with Crippen LogP contribution >= 0.6 is 12.6 Å². The Balaban J connectivity index is 2.34. The molecule has 18 heavy (non-hydrogen) atoms. The predicted molar refractivity (Wildman–Crippen MR) is 66.4 cm³/mol. The van der Waals surface area contributed by atoms with Crippen molar-refractivity contribution in [2.75, 3.05) is 0 Å². The number of imidazole rings is 1. The topological polar surface area (TPSA) is 61.0 Å². The third kappa shape index (κ3) is 2.35. The van der Waals surface area contributed by atoms with Crippen molar-refractivity contribution in [3.05, 3.63) is 51.6 Å². The van der Waals surface area contributed by atoms with E-state index in [-0.39, 0.29) is 16.7 Å². The number of halogens is 1. The van der Waals surface area contributed by atoms with Crippen molar-refractivity contribution in [1.82, 2.24) is 9.55 Å². The molecule has 0 radical (unpaired) electrons. The van der Waals surface area contributed by atoms with Gasteiger partial charge in [-0.25, -0.2) is 4.39 Å². The second kappa shape index (κ2) is 4.77. The first-order valence-corrected chi connectivity index (χ1v) is 5.58. The Hall–Kier alpha value is -1.89. The fourth-order valence-corrected chi connectivity index (χ4v) is 1.97. The van der Waals surface area contributed by atoms with Crippen molar-refractivity contribution in [3.8, 4) is 0 Å². The van der Waals surface area contributed by atoms with Crippen molar-refractivity contribution in [1.29, 1.82) is 0 Å². The quantitative estimate of drug-likeness (QED) is 0.528. The van der Waals surface area contributed by atoms with Gasteiger partial charge in [0, 0.05) is 6.92 Å². The Morgan fingerprint density at radius 2 is 2.06 bits per heavy atom. The molecule has 1 aromatic carbocycles. The van der Waals surface area contributed by atoms with E-state index in [0.29, 0.717) is 12.4 Å². The summed E-state index contributed by atoms with van der Waals surface area (Å²) in [4.78, 5) is 14.0. The molecule has 1 heterocycles. The number of aryl methyl sites for hydroxylation is 1. The van der Waals surface area contributed by atoms with Crippen LogP contribution in [0.1, 0.15) is 11.4 Å². The zero-order valence-electron chi connectivity index (χ0n) is 9.50. The first-order chi connectivity index (χ1) is 8.49. The molecule has 1 aromatic heterocycles. The number of aromatic nitrogens is 2. The predicted octanol–water partition coefficient (Wildman–Crippen LogP) is 2.58. The number of nitrogens with zero attached hydrogens (tertiary/aromatic N) is 3. The maximum absolute atomic E-state index is 12.8. The lowest BCUT2D eigenvalue weighted by Crippen LogP contribution is -2.02. The summed E-state index contributed by atoms with van der Waals surface area (Å²) in [7, 11) is 0. The van der Waals surface area contributed by atoms with E-state index in [2.05, 4.69) is 17.6 Å². The Kier molecular flexibility index (Phi) is 3.33. The van der Waals surface area contributed by atoms with E-state index >= 15 is 0 Å². The largest absolute Gasteiger partial charge is 0.395 e. The van der Waals surface area contributed by atoms with Gasteiger partial charge in [0.2, 0.25) is 5.82 Å². The molecule has 7 heteroatoms. The van der Waals surface area contributed by atoms with Gasteiger partial charge in [0.05, 0.1) is 6.54 Å². The summed E-state index contributed by atoms with van der Waals surface area (Å²) in [6.07, 6.45) is 0. The van der Waals surface area contributed by atoms with Crippen molar-refractivity contribution >= 4 is 18.4 Å². The van der Waals surface area contributed by atoms with Gasteiger partial charge in [0.25, 0.3) is 0 Å². The smallest absolute Gasteiger partial charge is 0.358 e. The van der Waals surface area contributed by atoms with E-state index in [1.807, 2.05) is 0 Å². The van der Waals surface area contributed by atoms with Gasteiger partial charge in [-0.2, -0.15) is 0 Å². The zero-order valence-corrected chi connectivity index (χ0v) is 10.4. The summed E-state index contributed by atoms with van der Waals surface area (Å²) in [5.74, 6) is -0.0906. The lowest BCUT2D eigenvalue weighted by Gasteiger charge is -2.04. The molecule has 5 nitrogen and oxygen atoms in total. The second-order valence-corrected chi connectivity index (χ2v) is 4.20. The van der Waals surface area contributed by atoms with Gasteiger partial charge in [-0.3, -0.25) is 4.57 Å². The minimum Gasteiger partial charge on any atom is -0.358 e. The number of benzene rings is 1. The summed E-state index contributed by atoms with van der Waals surface area (Å²) in [5.41, 5.74) is 0.821. The van der Waals surface area contributed by atoms with Gasteiger partial charge < -0.3 is 10.1 Å². The molecular weight excluding hydrogens is 257 g/mol. The van der Waals surface area contributed by atoms with Crippen molar-refractivity contribution in [2.45, 2.75) is 18.5 Å². The molecule has 0 aliphatic carbocycles. The number of thiol groups is 1. The number of rotatable bonds is 3. The Labute approximate surface area is 108 Å². The molecule has 0 saturated heterocycles. The molecule has 0 bridgehead atoms. The van der Waals surface area contributed by atoms with Crippen LogP contribution in [-0.2, 0) is 6.54 Å². The monoisotopic (exact) mass is 267 g/mol. The molecule has 0 fully saturated rings. The van der Waals surface area contributed by atoms with Gasteiger partial charge in [0.15, 0.2) is 5.03 Å². The highest BCUT2D eigenvalue weighted by molar-refractivity contribution is 7.80. The third-order valence-corrected chi connectivity index (χ3v) is 2.98. The third-order valence-electron chi connectivity index (χ3n) is 2.54. The maximum atomic E-state index is 12.8. The van der Waals surface area contributed by atoms with E-state index < -0.39 is 4.92 Å². The van der Waals surface area contributed by atoms with Crippen LogP contribution < -0.4 is 0 Å². The summed E-state index contributed by atoms with van der Waals surface area (Å²) >= 11 is 4.11. The minimum absolute atomic E-state index is 0.196. The van der Waals surface area contributed by atoms with E-state index in [1.165, 1.54) is 12.1 Å². The highest BCUT2D eigenvalue weighted by Crippen LogP contribution is 2.23. The number of hydrogen-bond acceptors (Lipinski definition) is 4. The number of hydrogen-bond donors (Lipinski definition) is 1. The first kappa shape index (κ1) is 12.6. The Morgan fingerprint density at radius 1 is 1.44 bits per heavy atom. The molecule has 0 amide bonds. The highest BCUT2D eigenvalue weighted by Gasteiger charge is 2.22. The maximum Gasteiger partial charge on any atom is 0.395 e. The normalized spacial score (nSPS) is 10.6. The average Bonchev–Trinajstić information content (AvgIpc) is 2.60. The summed E-state index contributed by atoms with van der Waals surface area (Å²) < 4.78 is 14.4. The van der Waals surface area contributed by atoms with Crippen LogP contribution in [0.2, 0.25) is 0 Å². The minimum atomic E-state index is -0.573. The first-order valence-electron chi connectivity index (χ1n) is 5.14. The number of nitro groups is 1. The van der Waals surface area contributed by atoms with Crippen LogP contribution in [0.3, 0.4) is 0 Å². The summed E-state index contributed by atoms with van der Waals surface area (Å²) in [6, 6.07) is 5.92.